The Morgan fingerprint density at radius 3 is 3.00 bits per heavy atom. The van der Waals surface area contributed by atoms with Crippen molar-refractivity contribution in [1.29, 1.82) is 0 Å². The Morgan fingerprint density at radius 2 is 2.40 bits per heavy atom. The first-order chi connectivity index (χ1) is 7.31. The highest BCUT2D eigenvalue weighted by molar-refractivity contribution is 5.42. The van der Waals surface area contributed by atoms with E-state index in [-0.39, 0.29) is 0 Å². The number of piperazine rings is 1. The summed E-state index contributed by atoms with van der Waals surface area (Å²) in [4.78, 5) is 6.71. The minimum atomic E-state index is 0.500. The van der Waals surface area contributed by atoms with Crippen LogP contribution in [0.3, 0.4) is 0 Å². The van der Waals surface area contributed by atoms with Crippen molar-refractivity contribution in [2.24, 2.45) is 0 Å². The summed E-state index contributed by atoms with van der Waals surface area (Å²) in [7, 11) is 1.66. The summed E-state index contributed by atoms with van der Waals surface area (Å²) in [6.45, 7) is 5.27. The second-order valence-electron chi connectivity index (χ2n) is 3.80. The standard InChI is InChI=1S/C11H17N3O/c1-9-7-12-5-6-14(9)11-4-3-10(15-2)8-13-11/h3-4,8-9,12H,5-7H2,1-2H3. The van der Waals surface area contributed by atoms with Crippen molar-refractivity contribution in [3.63, 3.8) is 0 Å². The molecule has 1 atom stereocenters. The van der Waals surface area contributed by atoms with Crippen LogP contribution < -0.4 is 15.0 Å². The van der Waals surface area contributed by atoms with Gasteiger partial charge in [0.15, 0.2) is 0 Å². The lowest BCUT2D eigenvalue weighted by Crippen LogP contribution is -2.50. The lowest BCUT2D eigenvalue weighted by atomic mass is 10.2. The van der Waals surface area contributed by atoms with Crippen molar-refractivity contribution in [1.82, 2.24) is 10.3 Å². The van der Waals surface area contributed by atoms with E-state index in [1.165, 1.54) is 0 Å². The SMILES string of the molecule is COc1ccc(N2CCNCC2C)nc1. The molecule has 0 aliphatic carbocycles. The van der Waals surface area contributed by atoms with E-state index in [1.54, 1.807) is 13.3 Å². The fraction of sp³-hybridized carbons (Fsp3) is 0.545. The fourth-order valence-electron chi connectivity index (χ4n) is 1.84. The van der Waals surface area contributed by atoms with Gasteiger partial charge in [-0.25, -0.2) is 4.98 Å². The van der Waals surface area contributed by atoms with Gasteiger partial charge in [-0.2, -0.15) is 0 Å². The third kappa shape index (κ3) is 2.21. The Hall–Kier alpha value is -1.29. The molecule has 4 heteroatoms. The van der Waals surface area contributed by atoms with Crippen molar-refractivity contribution in [3.8, 4) is 5.75 Å². The molecular formula is C11H17N3O. The van der Waals surface area contributed by atoms with E-state index in [1.807, 2.05) is 12.1 Å². The van der Waals surface area contributed by atoms with Gasteiger partial charge in [-0.15, -0.1) is 0 Å². The Morgan fingerprint density at radius 1 is 1.53 bits per heavy atom. The maximum absolute atomic E-state index is 5.09. The van der Waals surface area contributed by atoms with Crippen LogP contribution in [0.1, 0.15) is 6.92 Å². The topological polar surface area (TPSA) is 37.4 Å². The summed E-state index contributed by atoms with van der Waals surface area (Å²) in [6, 6.07) is 4.47. The number of pyridine rings is 1. The number of rotatable bonds is 2. The fourth-order valence-corrected chi connectivity index (χ4v) is 1.84. The summed E-state index contributed by atoms with van der Waals surface area (Å²) < 4.78 is 5.09. The number of aromatic nitrogens is 1. The molecule has 1 N–H and O–H groups in total. The van der Waals surface area contributed by atoms with Gasteiger partial charge < -0.3 is 15.0 Å². The summed E-state index contributed by atoms with van der Waals surface area (Å²) in [6.07, 6.45) is 1.77. The average Bonchev–Trinajstić information content (AvgIpc) is 2.30. The van der Waals surface area contributed by atoms with Crippen molar-refractivity contribution in [2.45, 2.75) is 13.0 Å². The highest BCUT2D eigenvalue weighted by Crippen LogP contribution is 2.18. The van der Waals surface area contributed by atoms with E-state index >= 15 is 0 Å². The minimum absolute atomic E-state index is 0.500. The van der Waals surface area contributed by atoms with E-state index in [0.717, 1.165) is 31.2 Å². The van der Waals surface area contributed by atoms with E-state index in [4.69, 9.17) is 4.74 Å². The molecule has 82 valence electrons. The molecule has 1 saturated heterocycles. The number of anilines is 1. The largest absolute Gasteiger partial charge is 0.495 e. The number of hydrogen-bond donors (Lipinski definition) is 1. The van der Waals surface area contributed by atoms with Crippen LogP contribution in [0.4, 0.5) is 5.82 Å². The molecular weight excluding hydrogens is 190 g/mol. The van der Waals surface area contributed by atoms with E-state index in [9.17, 15) is 0 Å². The quantitative estimate of drug-likeness (QED) is 0.781. The Bertz CT molecular complexity index is 312. The van der Waals surface area contributed by atoms with Gasteiger partial charge in [0.25, 0.3) is 0 Å². The summed E-state index contributed by atoms with van der Waals surface area (Å²) in [5.41, 5.74) is 0. The molecule has 1 fully saturated rings. The van der Waals surface area contributed by atoms with Crippen LogP contribution in [0.5, 0.6) is 5.75 Å². The zero-order chi connectivity index (χ0) is 10.7. The lowest BCUT2D eigenvalue weighted by molar-refractivity contribution is 0.412. The van der Waals surface area contributed by atoms with Crippen LogP contribution in [-0.4, -0.2) is 37.8 Å². The number of ether oxygens (including phenoxy) is 1. The molecule has 0 radical (unpaired) electrons. The monoisotopic (exact) mass is 207 g/mol. The first-order valence-corrected chi connectivity index (χ1v) is 5.28. The van der Waals surface area contributed by atoms with Gasteiger partial charge in [-0.1, -0.05) is 0 Å². The molecule has 1 aromatic rings. The smallest absolute Gasteiger partial charge is 0.137 e. The van der Waals surface area contributed by atoms with Gasteiger partial charge in [0.1, 0.15) is 11.6 Å². The number of hydrogen-bond acceptors (Lipinski definition) is 4. The minimum Gasteiger partial charge on any atom is -0.495 e. The number of nitrogens with one attached hydrogen (secondary N) is 1. The van der Waals surface area contributed by atoms with E-state index < -0.39 is 0 Å². The molecule has 1 unspecified atom stereocenters. The zero-order valence-corrected chi connectivity index (χ0v) is 9.23. The second-order valence-corrected chi connectivity index (χ2v) is 3.80. The van der Waals surface area contributed by atoms with Gasteiger partial charge >= 0.3 is 0 Å². The predicted molar refractivity (Wildman–Crippen MR) is 60.5 cm³/mol. The van der Waals surface area contributed by atoms with E-state index in [2.05, 4.69) is 22.1 Å². The maximum atomic E-state index is 5.09. The van der Waals surface area contributed by atoms with E-state index in [0.29, 0.717) is 6.04 Å². The van der Waals surface area contributed by atoms with Crippen LogP contribution in [0, 0.1) is 0 Å². The Balaban J connectivity index is 2.13. The predicted octanol–water partition coefficient (Wildman–Crippen LogP) is 0.888. The summed E-state index contributed by atoms with van der Waals surface area (Å²) in [5, 5.41) is 3.36. The Kier molecular flexibility index (Phi) is 3.06. The van der Waals surface area contributed by atoms with Crippen LogP contribution in [0.15, 0.2) is 18.3 Å². The van der Waals surface area contributed by atoms with Gasteiger partial charge in [0.2, 0.25) is 0 Å². The van der Waals surface area contributed by atoms with Gasteiger partial charge in [0, 0.05) is 25.7 Å². The molecule has 2 heterocycles. The third-order valence-corrected chi connectivity index (χ3v) is 2.75. The second kappa shape index (κ2) is 4.49. The number of nitrogens with zero attached hydrogens (tertiary/aromatic N) is 2. The van der Waals surface area contributed by atoms with Crippen molar-refractivity contribution in [2.75, 3.05) is 31.6 Å². The molecule has 0 saturated carbocycles. The third-order valence-electron chi connectivity index (χ3n) is 2.75. The van der Waals surface area contributed by atoms with Gasteiger partial charge in [-0.05, 0) is 19.1 Å². The molecule has 15 heavy (non-hydrogen) atoms. The molecule has 0 bridgehead atoms. The molecule has 2 rings (SSSR count). The Labute approximate surface area is 90.3 Å². The first kappa shape index (κ1) is 10.2. The van der Waals surface area contributed by atoms with Crippen LogP contribution in [-0.2, 0) is 0 Å². The van der Waals surface area contributed by atoms with Crippen molar-refractivity contribution >= 4 is 5.82 Å². The first-order valence-electron chi connectivity index (χ1n) is 5.28. The highest BCUT2D eigenvalue weighted by atomic mass is 16.5. The zero-order valence-electron chi connectivity index (χ0n) is 9.23. The van der Waals surface area contributed by atoms with Crippen molar-refractivity contribution in [3.05, 3.63) is 18.3 Å². The summed E-state index contributed by atoms with van der Waals surface area (Å²) >= 11 is 0. The molecule has 4 nitrogen and oxygen atoms in total. The van der Waals surface area contributed by atoms with Crippen LogP contribution >= 0.6 is 0 Å². The number of methoxy groups -OCH3 is 1. The average molecular weight is 207 g/mol. The summed E-state index contributed by atoms with van der Waals surface area (Å²) in [5.74, 6) is 1.84. The van der Waals surface area contributed by atoms with Gasteiger partial charge in [-0.3, -0.25) is 0 Å². The van der Waals surface area contributed by atoms with Crippen molar-refractivity contribution < 1.29 is 4.74 Å². The highest BCUT2D eigenvalue weighted by Gasteiger charge is 2.18. The molecule has 0 spiro atoms. The molecule has 1 aliphatic heterocycles. The molecule has 1 aromatic heterocycles. The molecule has 1 aliphatic rings. The van der Waals surface area contributed by atoms with Gasteiger partial charge in [0.05, 0.1) is 13.3 Å². The normalized spacial score (nSPS) is 21.5. The van der Waals surface area contributed by atoms with Crippen LogP contribution in [0.25, 0.3) is 0 Å². The molecule has 0 aromatic carbocycles. The molecule has 0 amide bonds. The van der Waals surface area contributed by atoms with Crippen LogP contribution in [0.2, 0.25) is 0 Å². The lowest BCUT2D eigenvalue weighted by Gasteiger charge is -2.34. The maximum Gasteiger partial charge on any atom is 0.137 e.